The normalized spacial score (nSPS) is 12.8. The van der Waals surface area contributed by atoms with Crippen LogP contribution in [0.1, 0.15) is 36.8 Å². The lowest BCUT2D eigenvalue weighted by Crippen LogP contribution is -2.41. The molecule has 0 spiro atoms. The van der Waals surface area contributed by atoms with E-state index < -0.39 is 37.5 Å². The molecule has 212 valence electrons. The number of unbranched alkanes of at least 4 members (excludes halogenated alkanes) is 3. The van der Waals surface area contributed by atoms with Crippen molar-refractivity contribution in [3.63, 3.8) is 0 Å². The summed E-state index contributed by atoms with van der Waals surface area (Å²) in [6.45, 7) is 3.27. The molecule has 0 radical (unpaired) electrons. The molecule has 0 aliphatic rings. The van der Waals surface area contributed by atoms with Gasteiger partial charge in [-0.05, 0) is 85.5 Å². The van der Waals surface area contributed by atoms with Crippen molar-refractivity contribution in [2.75, 3.05) is 11.9 Å². The highest BCUT2D eigenvalue weighted by atomic mass is 79.9. The topological polar surface area (TPSA) is 69.7 Å². The van der Waals surface area contributed by atoms with Gasteiger partial charge in [0.25, 0.3) is 0 Å². The van der Waals surface area contributed by atoms with E-state index in [0.717, 1.165) is 41.4 Å². The van der Waals surface area contributed by atoms with Crippen molar-refractivity contribution in [2.45, 2.75) is 59.5 Å². The minimum absolute atomic E-state index is 0.149. The lowest BCUT2D eigenvalue weighted by molar-refractivity contribution is -0.161. The third kappa shape index (κ3) is 7.25. The van der Waals surface area contributed by atoms with Crippen molar-refractivity contribution in [2.24, 2.45) is 0 Å². The summed E-state index contributed by atoms with van der Waals surface area (Å²) in [7, 11) is -9.35. The van der Waals surface area contributed by atoms with Gasteiger partial charge in [0.05, 0.1) is 6.61 Å². The van der Waals surface area contributed by atoms with Crippen molar-refractivity contribution in [1.82, 2.24) is 0 Å². The Bertz CT molecular complexity index is 1240. The molecule has 39 heavy (non-hydrogen) atoms. The Morgan fingerprint density at radius 1 is 0.769 bits per heavy atom. The number of carbonyl (C=O) groups is 1. The Hall–Kier alpha value is -2.34. The zero-order chi connectivity index (χ0) is 28.7. The van der Waals surface area contributed by atoms with Crippen molar-refractivity contribution in [3.05, 3.63) is 89.7 Å². The smallest absolute Gasteiger partial charge is 0.460 e. The third-order valence-electron chi connectivity index (χ3n) is 5.86. The highest BCUT2D eigenvalue weighted by Gasteiger charge is 2.58. The molecule has 0 heterocycles. The second-order valence-corrected chi connectivity index (χ2v) is 14.2. The summed E-state index contributed by atoms with van der Waals surface area (Å²) in [5, 5.41) is -4.20. The lowest BCUT2D eigenvalue weighted by atomic mass is 10.2. The SMILES string of the molecule is Cc1ccc(S(OS(=O)(=O)C(F)(F)C(=O)OCCCCCCBr)(c2ccc(C)cc2)c2ccc(F)cc2)cc1. The Morgan fingerprint density at radius 2 is 1.21 bits per heavy atom. The molecule has 0 unspecified atom stereocenters. The monoisotopic (exact) mass is 646 g/mol. The maximum atomic E-state index is 15.3. The predicted molar refractivity (Wildman–Crippen MR) is 149 cm³/mol. The number of hydrogen-bond acceptors (Lipinski definition) is 5. The second-order valence-electron chi connectivity index (χ2n) is 8.91. The zero-order valence-corrected chi connectivity index (χ0v) is 24.8. The molecule has 0 amide bonds. The van der Waals surface area contributed by atoms with Crippen LogP contribution < -0.4 is 0 Å². The molecule has 0 aliphatic carbocycles. The van der Waals surface area contributed by atoms with Crippen molar-refractivity contribution >= 4 is 42.3 Å². The van der Waals surface area contributed by atoms with Gasteiger partial charge in [0.2, 0.25) is 0 Å². The summed E-state index contributed by atoms with van der Waals surface area (Å²) in [5.41, 5.74) is 1.67. The van der Waals surface area contributed by atoms with Crippen molar-refractivity contribution in [1.29, 1.82) is 0 Å². The fourth-order valence-corrected chi connectivity index (χ4v) is 9.08. The average Bonchev–Trinajstić information content (AvgIpc) is 2.90. The molecule has 0 fully saturated rings. The highest BCUT2D eigenvalue weighted by molar-refractivity contribution is 9.09. The van der Waals surface area contributed by atoms with Crippen LogP contribution in [0.4, 0.5) is 13.2 Å². The molecule has 0 aliphatic heterocycles. The molecule has 0 saturated carbocycles. The number of benzene rings is 3. The van der Waals surface area contributed by atoms with Gasteiger partial charge in [-0.2, -0.15) is 17.2 Å². The van der Waals surface area contributed by atoms with E-state index in [1.54, 1.807) is 48.5 Å². The minimum Gasteiger partial charge on any atom is -0.460 e. The van der Waals surface area contributed by atoms with Crippen molar-refractivity contribution < 1.29 is 34.7 Å². The van der Waals surface area contributed by atoms with E-state index in [1.165, 1.54) is 12.1 Å². The maximum absolute atomic E-state index is 15.3. The van der Waals surface area contributed by atoms with Crippen LogP contribution in [-0.4, -0.2) is 31.6 Å². The van der Waals surface area contributed by atoms with Gasteiger partial charge in [-0.25, -0.2) is 12.8 Å². The summed E-state index contributed by atoms with van der Waals surface area (Å²) in [6.07, 6.45) is 2.62. The number of carbonyl (C=O) groups excluding carboxylic acids is 1. The van der Waals surface area contributed by atoms with E-state index in [-0.39, 0.29) is 21.3 Å². The molecular formula is C28H30BrF3O5S2. The minimum atomic E-state index is -5.91. The molecule has 0 N–H and O–H groups in total. The molecule has 0 aromatic heterocycles. The van der Waals surface area contributed by atoms with E-state index in [2.05, 4.69) is 20.7 Å². The molecule has 0 saturated heterocycles. The van der Waals surface area contributed by atoms with Crippen LogP contribution >= 0.6 is 26.2 Å². The van der Waals surface area contributed by atoms with E-state index in [4.69, 9.17) is 3.63 Å². The van der Waals surface area contributed by atoms with Crippen LogP contribution in [0.3, 0.4) is 0 Å². The highest BCUT2D eigenvalue weighted by Crippen LogP contribution is 2.70. The molecule has 3 rings (SSSR count). The Labute approximate surface area is 237 Å². The molecule has 3 aromatic carbocycles. The molecule has 11 heteroatoms. The zero-order valence-electron chi connectivity index (χ0n) is 21.5. The fraction of sp³-hybridized carbons (Fsp3) is 0.321. The molecular weight excluding hydrogens is 617 g/mol. The van der Waals surface area contributed by atoms with Gasteiger partial charge in [0, 0.05) is 20.0 Å². The first-order chi connectivity index (χ1) is 18.4. The molecule has 3 aromatic rings. The summed E-state index contributed by atoms with van der Waals surface area (Å²) in [4.78, 5) is 13.0. The number of halogens is 4. The van der Waals surface area contributed by atoms with Crippen LogP contribution in [-0.2, 0) is 23.3 Å². The van der Waals surface area contributed by atoms with Crippen LogP contribution in [0.5, 0.6) is 0 Å². The molecule has 5 nitrogen and oxygen atoms in total. The standard InChI is InChI=1S/C28H30BrF3O5S2/c1-21-7-13-24(14-8-21)38(25-15-9-22(2)10-16-25,26-17-11-23(30)12-18-26)37-39(34,35)28(31,32)27(33)36-20-6-4-3-5-19-29/h7-18H,3-6,19-20H2,1-2H3. The van der Waals surface area contributed by atoms with E-state index in [0.29, 0.717) is 12.8 Å². The van der Waals surface area contributed by atoms with Gasteiger partial charge in [0.15, 0.2) is 0 Å². The first-order valence-corrected chi connectivity index (χ1v) is 16.3. The van der Waals surface area contributed by atoms with Crippen LogP contribution in [0, 0.1) is 19.7 Å². The number of alkyl halides is 3. The van der Waals surface area contributed by atoms with Crippen LogP contribution in [0.2, 0.25) is 0 Å². The molecule has 0 bridgehead atoms. The Morgan fingerprint density at radius 3 is 1.67 bits per heavy atom. The first kappa shape index (κ1) is 31.2. The van der Waals surface area contributed by atoms with E-state index in [9.17, 15) is 17.6 Å². The summed E-state index contributed by atoms with van der Waals surface area (Å²) in [6, 6.07) is 17.8. The van der Waals surface area contributed by atoms with Crippen LogP contribution in [0.15, 0.2) is 87.5 Å². The lowest BCUT2D eigenvalue weighted by Gasteiger charge is -2.40. The van der Waals surface area contributed by atoms with Gasteiger partial charge in [-0.3, -0.25) is 0 Å². The Kier molecular flexibility index (Phi) is 10.7. The van der Waals surface area contributed by atoms with Gasteiger partial charge in [0.1, 0.15) is 5.82 Å². The van der Waals surface area contributed by atoms with Gasteiger partial charge < -0.3 is 4.74 Å². The van der Waals surface area contributed by atoms with E-state index >= 15 is 8.78 Å². The number of esters is 1. The number of aryl methyl sites for hydroxylation is 2. The average molecular weight is 648 g/mol. The predicted octanol–water partition coefficient (Wildman–Crippen LogP) is 8.08. The first-order valence-electron chi connectivity index (χ1n) is 12.2. The number of ether oxygens (including phenoxy) is 1. The summed E-state index contributed by atoms with van der Waals surface area (Å²) >= 11 is 3.29. The van der Waals surface area contributed by atoms with E-state index in [1.807, 2.05) is 13.8 Å². The van der Waals surface area contributed by atoms with Gasteiger partial charge in [-0.15, -0.1) is 0 Å². The fourth-order valence-electron chi connectivity index (χ4n) is 3.69. The van der Waals surface area contributed by atoms with Gasteiger partial charge in [-0.1, -0.05) is 64.2 Å². The third-order valence-corrected chi connectivity index (χ3v) is 11.6. The summed E-state index contributed by atoms with van der Waals surface area (Å²) in [5.74, 6) is -2.81. The van der Waals surface area contributed by atoms with Gasteiger partial charge >= 0.3 is 21.3 Å². The quantitative estimate of drug-likeness (QED) is 0.107. The Balaban J connectivity index is 2.09. The largest absolute Gasteiger partial charge is 0.466 e. The van der Waals surface area contributed by atoms with Crippen LogP contribution in [0.25, 0.3) is 0 Å². The molecule has 0 atom stereocenters. The van der Waals surface area contributed by atoms with Crippen molar-refractivity contribution in [3.8, 4) is 0 Å². The summed E-state index contributed by atoms with van der Waals surface area (Å²) < 4.78 is 81.1. The maximum Gasteiger partial charge on any atom is 0.466 e. The number of rotatable bonds is 13. The number of hydrogen-bond donors (Lipinski definition) is 0. The second kappa shape index (κ2) is 13.3.